The molecule has 0 atom stereocenters. The molecular formula is C33H37ClN2O. The molecule has 4 heteroatoms. The average molecular weight is 513 g/mol. The van der Waals surface area contributed by atoms with Crippen molar-refractivity contribution in [3.8, 4) is 17.0 Å². The highest BCUT2D eigenvalue weighted by Crippen LogP contribution is 2.33. The molecule has 3 aromatic carbocycles. The number of aryl methyl sites for hydroxylation is 3. The van der Waals surface area contributed by atoms with Crippen LogP contribution in [0.3, 0.4) is 0 Å². The number of rotatable bonds is 11. The van der Waals surface area contributed by atoms with E-state index in [1.807, 2.05) is 12.1 Å². The summed E-state index contributed by atoms with van der Waals surface area (Å²) >= 11 is 6.25. The fourth-order valence-electron chi connectivity index (χ4n) is 5.00. The molecule has 0 aliphatic carbocycles. The Morgan fingerprint density at radius 3 is 2.14 bits per heavy atom. The largest absolute Gasteiger partial charge is 0.496 e. The zero-order valence-corrected chi connectivity index (χ0v) is 23.2. The highest BCUT2D eigenvalue weighted by molar-refractivity contribution is 6.30. The van der Waals surface area contributed by atoms with Crippen molar-refractivity contribution in [2.75, 3.05) is 13.7 Å². The van der Waals surface area contributed by atoms with Crippen molar-refractivity contribution in [3.05, 3.63) is 117 Å². The quantitative estimate of drug-likeness (QED) is 0.203. The van der Waals surface area contributed by atoms with Crippen LogP contribution in [0.4, 0.5) is 0 Å². The Balaban J connectivity index is 1.66. The molecule has 4 rings (SSSR count). The number of methoxy groups -OCH3 is 1. The number of pyridine rings is 1. The highest BCUT2D eigenvalue weighted by atomic mass is 35.5. The monoisotopic (exact) mass is 512 g/mol. The number of hydrogen-bond acceptors (Lipinski definition) is 3. The van der Waals surface area contributed by atoms with Gasteiger partial charge in [-0.15, -0.1) is 0 Å². The van der Waals surface area contributed by atoms with Crippen LogP contribution in [0.5, 0.6) is 5.75 Å². The molecular weight excluding hydrogens is 476 g/mol. The molecule has 0 aliphatic heterocycles. The van der Waals surface area contributed by atoms with Gasteiger partial charge in [-0.05, 0) is 60.6 Å². The molecule has 0 amide bonds. The first kappa shape index (κ1) is 26.9. The maximum atomic E-state index is 6.25. The summed E-state index contributed by atoms with van der Waals surface area (Å²) in [5, 5.41) is 0.781. The van der Waals surface area contributed by atoms with Crippen LogP contribution in [0, 0.1) is 6.92 Å². The summed E-state index contributed by atoms with van der Waals surface area (Å²) in [6, 6.07) is 27.5. The van der Waals surface area contributed by atoms with Crippen LogP contribution in [0.25, 0.3) is 11.3 Å². The SMILES string of the molecule is CCc1cccc(CC)c1-c1cc(OC)c(CN(CCc2cccc(Cl)c2)Cc2ccccc2)c(C)n1. The summed E-state index contributed by atoms with van der Waals surface area (Å²) in [4.78, 5) is 7.61. The molecule has 37 heavy (non-hydrogen) atoms. The molecule has 0 aliphatic rings. The molecule has 0 fully saturated rings. The van der Waals surface area contributed by atoms with E-state index in [1.165, 1.54) is 27.8 Å². The fraction of sp³-hybridized carbons (Fsp3) is 0.303. The number of halogens is 1. The molecule has 0 unspecified atom stereocenters. The number of benzene rings is 3. The third kappa shape index (κ3) is 6.80. The standard InChI is InChI=1S/C33H37ClN2O/c1-5-27-15-11-16-28(6-2)33(27)31-21-32(37-4)30(24(3)35-31)23-36(22-26-12-8-7-9-13-26)19-18-25-14-10-17-29(34)20-25/h7-17,20-21H,5-6,18-19,22-23H2,1-4H3. The first-order valence-corrected chi connectivity index (χ1v) is 13.6. The summed E-state index contributed by atoms with van der Waals surface area (Å²) in [5.74, 6) is 0.899. The van der Waals surface area contributed by atoms with Gasteiger partial charge in [0.25, 0.3) is 0 Å². The first-order valence-electron chi connectivity index (χ1n) is 13.2. The Hall–Kier alpha value is -3.14. The molecule has 0 bridgehead atoms. The summed E-state index contributed by atoms with van der Waals surface area (Å²) in [6.07, 6.45) is 2.87. The summed E-state index contributed by atoms with van der Waals surface area (Å²) in [7, 11) is 1.77. The second-order valence-corrected chi connectivity index (χ2v) is 9.94. The highest BCUT2D eigenvalue weighted by Gasteiger charge is 2.18. The van der Waals surface area contributed by atoms with Crippen LogP contribution in [0.2, 0.25) is 5.02 Å². The van der Waals surface area contributed by atoms with Crippen molar-refractivity contribution in [2.24, 2.45) is 0 Å². The number of aromatic nitrogens is 1. The fourth-order valence-corrected chi connectivity index (χ4v) is 5.22. The van der Waals surface area contributed by atoms with E-state index in [9.17, 15) is 0 Å². The summed E-state index contributed by atoms with van der Waals surface area (Å²) < 4.78 is 5.98. The van der Waals surface area contributed by atoms with Gasteiger partial charge >= 0.3 is 0 Å². The molecule has 1 aromatic heterocycles. The number of nitrogens with zero attached hydrogens (tertiary/aromatic N) is 2. The van der Waals surface area contributed by atoms with Gasteiger partial charge in [0.1, 0.15) is 5.75 Å². The van der Waals surface area contributed by atoms with Crippen molar-refractivity contribution in [3.63, 3.8) is 0 Å². The molecule has 192 valence electrons. The van der Waals surface area contributed by atoms with Gasteiger partial charge in [0, 0.05) is 47.5 Å². The van der Waals surface area contributed by atoms with Crippen molar-refractivity contribution in [2.45, 2.75) is 53.1 Å². The van der Waals surface area contributed by atoms with Gasteiger partial charge in [-0.1, -0.05) is 86.1 Å². The van der Waals surface area contributed by atoms with E-state index in [0.29, 0.717) is 0 Å². The second-order valence-electron chi connectivity index (χ2n) is 9.51. The second kappa shape index (κ2) is 12.9. The average Bonchev–Trinajstić information content (AvgIpc) is 2.92. The minimum Gasteiger partial charge on any atom is -0.496 e. The Labute approximate surface area is 227 Å². The number of hydrogen-bond donors (Lipinski definition) is 0. The van der Waals surface area contributed by atoms with E-state index in [1.54, 1.807) is 7.11 Å². The lowest BCUT2D eigenvalue weighted by Gasteiger charge is -2.25. The molecule has 1 heterocycles. The Kier molecular flexibility index (Phi) is 9.38. The maximum Gasteiger partial charge on any atom is 0.127 e. The first-order chi connectivity index (χ1) is 18.0. The predicted molar refractivity (Wildman–Crippen MR) is 155 cm³/mol. The van der Waals surface area contributed by atoms with Gasteiger partial charge < -0.3 is 4.74 Å². The minimum atomic E-state index is 0.758. The van der Waals surface area contributed by atoms with E-state index in [0.717, 1.165) is 66.6 Å². The zero-order chi connectivity index (χ0) is 26.2. The van der Waals surface area contributed by atoms with Crippen LogP contribution in [0.1, 0.15) is 47.4 Å². The Morgan fingerprint density at radius 2 is 1.49 bits per heavy atom. The summed E-state index contributed by atoms with van der Waals surface area (Å²) in [5.41, 5.74) is 9.60. The van der Waals surface area contributed by atoms with Crippen molar-refractivity contribution < 1.29 is 4.74 Å². The third-order valence-corrected chi connectivity index (χ3v) is 7.24. The van der Waals surface area contributed by atoms with Crippen LogP contribution in [-0.2, 0) is 32.4 Å². The predicted octanol–water partition coefficient (Wildman–Crippen LogP) is 8.09. The molecule has 0 saturated carbocycles. The smallest absolute Gasteiger partial charge is 0.127 e. The molecule has 3 nitrogen and oxygen atoms in total. The van der Waals surface area contributed by atoms with Crippen molar-refractivity contribution >= 4 is 11.6 Å². The van der Waals surface area contributed by atoms with Crippen LogP contribution >= 0.6 is 11.6 Å². The van der Waals surface area contributed by atoms with Gasteiger partial charge in [-0.2, -0.15) is 0 Å². The lowest BCUT2D eigenvalue weighted by Crippen LogP contribution is -2.26. The van der Waals surface area contributed by atoms with Gasteiger partial charge in [0.15, 0.2) is 0 Å². The van der Waals surface area contributed by atoms with E-state index in [-0.39, 0.29) is 0 Å². The van der Waals surface area contributed by atoms with Gasteiger partial charge in [-0.25, -0.2) is 0 Å². The Morgan fingerprint density at radius 1 is 0.811 bits per heavy atom. The van der Waals surface area contributed by atoms with E-state index in [4.69, 9.17) is 21.3 Å². The molecule has 0 spiro atoms. The van der Waals surface area contributed by atoms with Gasteiger partial charge in [0.05, 0.1) is 12.8 Å². The van der Waals surface area contributed by atoms with E-state index in [2.05, 4.69) is 92.4 Å². The van der Waals surface area contributed by atoms with E-state index >= 15 is 0 Å². The minimum absolute atomic E-state index is 0.758. The maximum absolute atomic E-state index is 6.25. The van der Waals surface area contributed by atoms with Gasteiger partial charge in [0.2, 0.25) is 0 Å². The van der Waals surface area contributed by atoms with Crippen LogP contribution < -0.4 is 4.74 Å². The number of ether oxygens (including phenoxy) is 1. The van der Waals surface area contributed by atoms with E-state index < -0.39 is 0 Å². The molecule has 0 radical (unpaired) electrons. The zero-order valence-electron chi connectivity index (χ0n) is 22.4. The molecule has 0 saturated heterocycles. The summed E-state index contributed by atoms with van der Waals surface area (Å²) in [6.45, 7) is 9.03. The van der Waals surface area contributed by atoms with Crippen LogP contribution in [-0.4, -0.2) is 23.5 Å². The lowest BCUT2D eigenvalue weighted by molar-refractivity contribution is 0.254. The topological polar surface area (TPSA) is 25.4 Å². The van der Waals surface area contributed by atoms with Crippen molar-refractivity contribution in [1.82, 2.24) is 9.88 Å². The molecule has 4 aromatic rings. The lowest BCUT2D eigenvalue weighted by atomic mass is 9.94. The van der Waals surface area contributed by atoms with Crippen molar-refractivity contribution in [1.29, 1.82) is 0 Å². The van der Waals surface area contributed by atoms with Crippen LogP contribution in [0.15, 0.2) is 78.9 Å². The van der Waals surface area contributed by atoms with Gasteiger partial charge in [-0.3, -0.25) is 9.88 Å². The Bertz CT molecular complexity index is 1300. The normalized spacial score (nSPS) is 11.2. The molecule has 0 N–H and O–H groups in total. The third-order valence-electron chi connectivity index (χ3n) is 7.00.